The van der Waals surface area contributed by atoms with Gasteiger partial charge in [0.15, 0.2) is 0 Å². The first-order valence-electron chi connectivity index (χ1n) is 8.13. The number of hydrogen-bond acceptors (Lipinski definition) is 4. The highest BCUT2D eigenvalue weighted by Crippen LogP contribution is 2.24. The second kappa shape index (κ2) is 6.31. The number of pyridine rings is 2. The molecule has 0 saturated carbocycles. The standard InChI is InChI=1S/C18H19N5O/c24-18(23-11-14-5-8-20-9-15(14)12-23)22-16-1-2-17(21-10-16)13-3-6-19-7-4-13/h1-3,5-6,8-10,13,19H,4,7,11-12H2,(H,22,24). The van der Waals surface area contributed by atoms with E-state index in [1.807, 2.05) is 30.6 Å². The van der Waals surface area contributed by atoms with Crippen molar-refractivity contribution < 1.29 is 4.79 Å². The Morgan fingerprint density at radius 2 is 2.12 bits per heavy atom. The Hall–Kier alpha value is -2.89. The highest BCUT2D eigenvalue weighted by Gasteiger charge is 2.23. The SMILES string of the molecule is O=C(Nc1ccc(C2C=CNCC2)nc1)N1Cc2ccncc2C1. The smallest absolute Gasteiger partial charge is 0.322 e. The van der Waals surface area contributed by atoms with Crippen molar-refractivity contribution in [3.05, 3.63) is 65.9 Å². The van der Waals surface area contributed by atoms with Gasteiger partial charge in [-0.05, 0) is 41.9 Å². The first kappa shape index (κ1) is 14.7. The van der Waals surface area contributed by atoms with Crippen molar-refractivity contribution in [3.8, 4) is 0 Å². The Labute approximate surface area is 140 Å². The third-order valence-corrected chi connectivity index (χ3v) is 4.48. The Balaban J connectivity index is 1.40. The van der Waals surface area contributed by atoms with Crippen molar-refractivity contribution in [1.29, 1.82) is 0 Å². The van der Waals surface area contributed by atoms with Crippen molar-refractivity contribution in [3.63, 3.8) is 0 Å². The van der Waals surface area contributed by atoms with Gasteiger partial charge >= 0.3 is 6.03 Å². The molecular formula is C18H19N5O. The molecule has 0 aromatic carbocycles. The zero-order chi connectivity index (χ0) is 16.4. The summed E-state index contributed by atoms with van der Waals surface area (Å²) in [5.41, 5.74) is 4.02. The van der Waals surface area contributed by atoms with Crippen LogP contribution in [0.3, 0.4) is 0 Å². The van der Waals surface area contributed by atoms with Crippen molar-refractivity contribution in [1.82, 2.24) is 20.2 Å². The van der Waals surface area contributed by atoms with Crippen LogP contribution in [0.2, 0.25) is 0 Å². The van der Waals surface area contributed by atoms with E-state index in [0.717, 1.165) is 35.5 Å². The summed E-state index contributed by atoms with van der Waals surface area (Å²) in [7, 11) is 0. The quantitative estimate of drug-likeness (QED) is 0.892. The molecule has 0 spiro atoms. The van der Waals surface area contributed by atoms with Crippen LogP contribution in [0.5, 0.6) is 0 Å². The lowest BCUT2D eigenvalue weighted by Crippen LogP contribution is -2.30. The van der Waals surface area contributed by atoms with Crippen LogP contribution in [-0.4, -0.2) is 27.4 Å². The van der Waals surface area contributed by atoms with Crippen LogP contribution in [0.25, 0.3) is 0 Å². The molecule has 2 aromatic rings. The molecule has 4 rings (SSSR count). The Morgan fingerprint density at radius 3 is 2.88 bits per heavy atom. The van der Waals surface area contributed by atoms with Gasteiger partial charge < -0.3 is 15.5 Å². The summed E-state index contributed by atoms with van der Waals surface area (Å²) in [6.45, 7) is 2.18. The van der Waals surface area contributed by atoms with Crippen LogP contribution in [0, 0.1) is 0 Å². The minimum Gasteiger partial charge on any atom is -0.391 e. The predicted octanol–water partition coefficient (Wildman–Crippen LogP) is 2.61. The van der Waals surface area contributed by atoms with E-state index in [1.165, 1.54) is 0 Å². The number of hydrogen-bond donors (Lipinski definition) is 2. The summed E-state index contributed by atoms with van der Waals surface area (Å²) in [5, 5.41) is 6.11. The molecular weight excluding hydrogens is 302 g/mol. The first-order chi connectivity index (χ1) is 11.8. The predicted molar refractivity (Wildman–Crippen MR) is 91.2 cm³/mol. The van der Waals surface area contributed by atoms with E-state index >= 15 is 0 Å². The number of aromatic nitrogens is 2. The van der Waals surface area contributed by atoms with Crippen LogP contribution in [0.1, 0.15) is 29.2 Å². The third-order valence-electron chi connectivity index (χ3n) is 4.48. The topological polar surface area (TPSA) is 70.2 Å². The molecule has 0 fully saturated rings. The molecule has 4 heterocycles. The van der Waals surface area contributed by atoms with Gasteiger partial charge in [0.25, 0.3) is 0 Å². The Kier molecular flexibility index (Phi) is 3.86. The van der Waals surface area contributed by atoms with Crippen molar-refractivity contribution in [2.75, 3.05) is 11.9 Å². The highest BCUT2D eigenvalue weighted by molar-refractivity contribution is 5.89. The number of rotatable bonds is 2. The number of nitrogens with zero attached hydrogens (tertiary/aromatic N) is 3. The normalized spacial score (nSPS) is 18.8. The zero-order valence-corrected chi connectivity index (χ0v) is 13.3. The Bertz CT molecular complexity index is 746. The maximum atomic E-state index is 12.4. The second-order valence-corrected chi connectivity index (χ2v) is 6.11. The molecule has 0 saturated heterocycles. The molecule has 1 atom stereocenters. The van der Waals surface area contributed by atoms with E-state index in [-0.39, 0.29) is 6.03 Å². The zero-order valence-electron chi connectivity index (χ0n) is 13.3. The van der Waals surface area contributed by atoms with Gasteiger partial charge in [0.1, 0.15) is 0 Å². The molecule has 0 radical (unpaired) electrons. The highest BCUT2D eigenvalue weighted by atomic mass is 16.2. The number of carbonyl (C=O) groups is 1. The van der Waals surface area contributed by atoms with E-state index in [1.54, 1.807) is 17.3 Å². The monoisotopic (exact) mass is 321 g/mol. The fourth-order valence-corrected chi connectivity index (χ4v) is 3.11. The molecule has 122 valence electrons. The fourth-order valence-electron chi connectivity index (χ4n) is 3.11. The van der Waals surface area contributed by atoms with Gasteiger partial charge in [0, 0.05) is 43.6 Å². The van der Waals surface area contributed by atoms with E-state index in [9.17, 15) is 4.79 Å². The van der Waals surface area contributed by atoms with E-state index < -0.39 is 0 Å². The van der Waals surface area contributed by atoms with Gasteiger partial charge in [-0.3, -0.25) is 9.97 Å². The van der Waals surface area contributed by atoms with Crippen molar-refractivity contribution in [2.45, 2.75) is 25.4 Å². The van der Waals surface area contributed by atoms with Crippen molar-refractivity contribution >= 4 is 11.7 Å². The second-order valence-electron chi connectivity index (χ2n) is 6.11. The number of allylic oxidation sites excluding steroid dienone is 1. The number of amides is 2. The summed E-state index contributed by atoms with van der Waals surface area (Å²) in [6.07, 6.45) is 10.5. The first-order valence-corrected chi connectivity index (χ1v) is 8.13. The molecule has 2 aromatic heterocycles. The molecule has 2 amide bonds. The molecule has 2 aliphatic heterocycles. The molecule has 0 aliphatic carbocycles. The molecule has 6 heteroatoms. The van der Waals surface area contributed by atoms with Crippen LogP contribution < -0.4 is 10.6 Å². The summed E-state index contributed by atoms with van der Waals surface area (Å²) in [6, 6.07) is 5.76. The molecule has 2 aliphatic rings. The lowest BCUT2D eigenvalue weighted by molar-refractivity contribution is 0.212. The van der Waals surface area contributed by atoms with Gasteiger partial charge in [0.05, 0.1) is 11.9 Å². The van der Waals surface area contributed by atoms with E-state index in [2.05, 4.69) is 26.7 Å². The van der Waals surface area contributed by atoms with Crippen molar-refractivity contribution in [2.24, 2.45) is 0 Å². The number of anilines is 1. The summed E-state index contributed by atoms with van der Waals surface area (Å²) < 4.78 is 0. The molecule has 2 N–H and O–H groups in total. The summed E-state index contributed by atoms with van der Waals surface area (Å²) in [5.74, 6) is 0.344. The maximum Gasteiger partial charge on any atom is 0.322 e. The van der Waals surface area contributed by atoms with Crippen LogP contribution in [0.4, 0.5) is 10.5 Å². The van der Waals surface area contributed by atoms with Gasteiger partial charge in [-0.25, -0.2) is 4.79 Å². The van der Waals surface area contributed by atoms with Gasteiger partial charge in [-0.1, -0.05) is 6.08 Å². The lowest BCUT2D eigenvalue weighted by atomic mass is 9.99. The van der Waals surface area contributed by atoms with Gasteiger partial charge in [-0.15, -0.1) is 0 Å². The summed E-state index contributed by atoms with van der Waals surface area (Å²) in [4.78, 5) is 22.8. The van der Waals surface area contributed by atoms with Gasteiger partial charge in [-0.2, -0.15) is 0 Å². The van der Waals surface area contributed by atoms with E-state index in [4.69, 9.17) is 0 Å². The average Bonchev–Trinajstić information content (AvgIpc) is 3.07. The third kappa shape index (κ3) is 2.95. The minimum absolute atomic E-state index is 0.109. The Morgan fingerprint density at radius 1 is 1.21 bits per heavy atom. The number of carbonyl (C=O) groups excluding carboxylic acids is 1. The lowest BCUT2D eigenvalue weighted by Gasteiger charge is -2.18. The fraction of sp³-hybridized carbons (Fsp3) is 0.278. The minimum atomic E-state index is -0.109. The summed E-state index contributed by atoms with van der Waals surface area (Å²) >= 11 is 0. The molecule has 0 bridgehead atoms. The number of nitrogens with one attached hydrogen (secondary N) is 2. The molecule has 24 heavy (non-hydrogen) atoms. The molecule has 6 nitrogen and oxygen atoms in total. The molecule has 1 unspecified atom stereocenters. The number of fused-ring (bicyclic) bond motifs is 1. The largest absolute Gasteiger partial charge is 0.391 e. The maximum absolute atomic E-state index is 12.4. The average molecular weight is 321 g/mol. The van der Waals surface area contributed by atoms with Crippen LogP contribution >= 0.6 is 0 Å². The van der Waals surface area contributed by atoms with Crippen LogP contribution in [0.15, 0.2) is 49.1 Å². The van der Waals surface area contributed by atoms with E-state index in [0.29, 0.717) is 19.0 Å². The number of urea groups is 1. The van der Waals surface area contributed by atoms with Crippen LogP contribution in [-0.2, 0) is 13.1 Å². The van der Waals surface area contributed by atoms with Gasteiger partial charge in [0.2, 0.25) is 0 Å².